The fraction of sp³-hybridized carbons (Fsp3) is 0.133. The van der Waals surface area contributed by atoms with Crippen LogP contribution < -0.4 is 28.7 Å². The summed E-state index contributed by atoms with van der Waals surface area (Å²) in [5.74, 6) is -1.62. The molecule has 0 unspecified atom stereocenters. The lowest BCUT2D eigenvalue weighted by Gasteiger charge is -2.10. The summed E-state index contributed by atoms with van der Waals surface area (Å²) in [6.45, 7) is -0.602. The quantitative estimate of drug-likeness (QED) is 0.0469. The summed E-state index contributed by atoms with van der Waals surface area (Å²) in [7, 11) is -1.22. The van der Waals surface area contributed by atoms with Crippen molar-refractivity contribution in [3.8, 4) is 28.9 Å². The fourth-order valence-corrected chi connectivity index (χ4v) is 3.98. The third-order valence-corrected chi connectivity index (χ3v) is 6.06. The maximum Gasteiger partial charge on any atom is 0.518 e. The number of primary amides is 1. The number of amides is 1. The third kappa shape index (κ3) is 10.4. The Bertz CT molecular complexity index is 1800. The van der Waals surface area contributed by atoms with Crippen LogP contribution in [0.3, 0.4) is 0 Å². The minimum absolute atomic E-state index is 0.00564. The van der Waals surface area contributed by atoms with Gasteiger partial charge in [-0.15, -0.1) is 4.57 Å². The molecule has 0 spiro atoms. The lowest BCUT2D eigenvalue weighted by molar-refractivity contribution is -0.729. The molecule has 0 aliphatic heterocycles. The Balaban J connectivity index is 1.65. The first-order valence-electron chi connectivity index (χ1n) is 12.7. The van der Waals surface area contributed by atoms with E-state index in [0.717, 1.165) is 23.1 Å². The molecule has 3 rings (SSSR count). The second-order valence-electron chi connectivity index (χ2n) is 8.98. The minimum atomic E-state index is -3.95. The zero-order valence-electron chi connectivity index (χ0n) is 24.2. The van der Waals surface area contributed by atoms with Crippen LogP contribution in [-0.4, -0.2) is 57.0 Å². The van der Waals surface area contributed by atoms with Gasteiger partial charge in [-0.2, -0.15) is 8.42 Å². The smallest absolute Gasteiger partial charge is 0.508 e. The molecule has 14 nitrogen and oxygen atoms in total. The van der Waals surface area contributed by atoms with Gasteiger partial charge in [-0.1, -0.05) is 24.3 Å². The number of pyridine rings is 1. The number of hydrogen-bond donors (Lipinski definition) is 3. The van der Waals surface area contributed by atoms with Gasteiger partial charge in [-0.3, -0.25) is 9.59 Å². The van der Waals surface area contributed by atoms with Gasteiger partial charge < -0.3 is 39.1 Å². The molecule has 4 N–H and O–H groups in total. The average molecular weight is 642 g/mol. The van der Waals surface area contributed by atoms with Gasteiger partial charge in [0, 0.05) is 6.08 Å². The number of ketones is 1. The lowest BCUT2D eigenvalue weighted by atomic mass is 10.1. The van der Waals surface area contributed by atoms with E-state index >= 15 is 0 Å². The number of benzene rings is 2. The van der Waals surface area contributed by atoms with Crippen molar-refractivity contribution in [1.82, 2.24) is 0 Å². The molecule has 0 atom stereocenters. The van der Waals surface area contributed by atoms with Gasteiger partial charge in [0.25, 0.3) is 5.91 Å². The number of carbonyl (C=O) groups excluding carboxylic acids is 3. The summed E-state index contributed by atoms with van der Waals surface area (Å²) in [5.41, 5.74) is 6.36. The Hall–Kier alpha value is -5.83. The number of allylic oxidation sites excluding steroid dienone is 3. The largest absolute Gasteiger partial charge is 0.518 e. The van der Waals surface area contributed by atoms with Crippen LogP contribution in [0.2, 0.25) is 0 Å². The van der Waals surface area contributed by atoms with E-state index in [0.29, 0.717) is 11.1 Å². The molecule has 0 saturated heterocycles. The summed E-state index contributed by atoms with van der Waals surface area (Å²) in [6.07, 6.45) is 7.22. The predicted molar refractivity (Wildman–Crippen MR) is 159 cm³/mol. The summed E-state index contributed by atoms with van der Waals surface area (Å²) in [4.78, 5) is 36.2. The first kappa shape index (κ1) is 33.7. The number of carbonyl (C=O) groups is 3. The van der Waals surface area contributed by atoms with Gasteiger partial charge in [-0.05, 0) is 53.6 Å². The third-order valence-electron chi connectivity index (χ3n) is 5.59. The van der Waals surface area contributed by atoms with E-state index < -0.39 is 34.7 Å². The zero-order valence-corrected chi connectivity index (χ0v) is 25.0. The first-order chi connectivity index (χ1) is 21.3. The Kier molecular flexibility index (Phi) is 11.3. The zero-order chi connectivity index (χ0) is 33.1. The van der Waals surface area contributed by atoms with Crippen molar-refractivity contribution in [2.45, 2.75) is 6.73 Å². The van der Waals surface area contributed by atoms with Crippen LogP contribution in [0.4, 0.5) is 4.79 Å². The maximum absolute atomic E-state index is 12.4. The number of phenolic OH excluding ortho intramolecular Hbond substituents is 1. The number of phenols is 1. The molecule has 15 heteroatoms. The molecule has 0 fully saturated rings. The van der Waals surface area contributed by atoms with E-state index in [9.17, 15) is 33.0 Å². The number of aromatic hydroxyl groups is 1. The molecule has 0 radical (unpaired) electrons. The lowest BCUT2D eigenvalue weighted by Crippen LogP contribution is -2.40. The highest BCUT2D eigenvalue weighted by Crippen LogP contribution is 2.29. The molecule has 1 aromatic heterocycles. The van der Waals surface area contributed by atoms with Crippen molar-refractivity contribution in [2.75, 3.05) is 20.5 Å². The van der Waals surface area contributed by atoms with Crippen molar-refractivity contribution in [3.05, 3.63) is 95.4 Å². The molecular formula is C30H29N2O12S+. The maximum atomic E-state index is 12.4. The van der Waals surface area contributed by atoms with Gasteiger partial charge in [0.05, 0.1) is 26.5 Å². The number of aliphatic hydroxyl groups is 1. The van der Waals surface area contributed by atoms with Gasteiger partial charge in [0.15, 0.2) is 35.0 Å². The number of ether oxygens (including phenoxy) is 4. The van der Waals surface area contributed by atoms with Crippen molar-refractivity contribution >= 4 is 40.1 Å². The predicted octanol–water partition coefficient (Wildman–Crippen LogP) is 3.04. The van der Waals surface area contributed by atoms with Crippen LogP contribution in [-0.2, 0) is 26.4 Å². The molecule has 2 aromatic carbocycles. The summed E-state index contributed by atoms with van der Waals surface area (Å²) >= 11 is 0. The molecule has 1 heterocycles. The van der Waals surface area contributed by atoms with E-state index in [4.69, 9.17) is 28.9 Å². The molecule has 3 aromatic rings. The highest BCUT2D eigenvalue weighted by Gasteiger charge is 2.22. The number of methoxy groups -OCH3 is 2. The fourth-order valence-electron chi connectivity index (χ4n) is 3.52. The molecule has 45 heavy (non-hydrogen) atoms. The van der Waals surface area contributed by atoms with Crippen molar-refractivity contribution in [3.63, 3.8) is 0 Å². The van der Waals surface area contributed by atoms with Crippen LogP contribution >= 0.6 is 0 Å². The van der Waals surface area contributed by atoms with Crippen molar-refractivity contribution in [1.29, 1.82) is 0 Å². The average Bonchev–Trinajstić information content (AvgIpc) is 2.98. The Morgan fingerprint density at radius 1 is 0.911 bits per heavy atom. The number of rotatable bonds is 13. The van der Waals surface area contributed by atoms with Crippen LogP contribution in [0.15, 0.2) is 78.7 Å². The first-order valence-corrected chi connectivity index (χ1v) is 14.5. The minimum Gasteiger partial charge on any atom is -0.508 e. The summed E-state index contributed by atoms with van der Waals surface area (Å²) in [6, 6.07) is 11.3. The van der Waals surface area contributed by atoms with Crippen LogP contribution in [0.1, 0.15) is 21.5 Å². The van der Waals surface area contributed by atoms with E-state index in [1.165, 1.54) is 74.9 Å². The number of hydrogen-bond acceptors (Lipinski definition) is 12. The van der Waals surface area contributed by atoms with Gasteiger partial charge in [0.1, 0.15) is 11.3 Å². The second-order valence-corrected chi connectivity index (χ2v) is 10.6. The number of aromatic nitrogens is 1. The summed E-state index contributed by atoms with van der Waals surface area (Å²) < 4.78 is 49.5. The SMILES string of the molecule is COc1cc(/C=C/C(O)=C/C(=O)/C=C/c2ccc(OC(=O)OC[n+]3cc(C(N)=O)ccc3OS(C)(=O)=O)c(OC)c2)ccc1O. The van der Waals surface area contributed by atoms with E-state index in [-0.39, 0.29) is 40.2 Å². The second kappa shape index (κ2) is 15.1. The highest BCUT2D eigenvalue weighted by atomic mass is 32.2. The molecular weight excluding hydrogens is 612 g/mol. The molecule has 1 amide bonds. The van der Waals surface area contributed by atoms with Gasteiger partial charge >= 0.3 is 28.9 Å². The standard InChI is InChI=1S/C30H28N2O12S/c1-40-26-14-19(6-11-24(26)35)4-9-22(33)16-23(34)10-5-20-7-12-25(27(15-20)41-2)43-30(37)42-18-32-17-21(29(31)36)8-13-28(32)44-45(3,38)39/h4-17H,18H2,1-3H3,(H3-,31,33,34,35,36)/p+1/b10-5+. The number of nitrogens with zero attached hydrogens (tertiary/aromatic N) is 1. The van der Waals surface area contributed by atoms with Crippen LogP contribution in [0.5, 0.6) is 28.9 Å². The normalized spacial score (nSPS) is 11.8. The van der Waals surface area contributed by atoms with Crippen LogP contribution in [0.25, 0.3) is 12.2 Å². The molecule has 0 saturated carbocycles. The van der Waals surface area contributed by atoms with E-state index in [2.05, 4.69) is 0 Å². The van der Waals surface area contributed by atoms with Crippen LogP contribution in [0, 0.1) is 0 Å². The molecule has 0 bridgehead atoms. The Morgan fingerprint density at radius 3 is 2.20 bits per heavy atom. The number of nitrogens with two attached hydrogens (primary N) is 1. The topological polar surface area (TPSA) is 202 Å². The van der Waals surface area contributed by atoms with E-state index in [1.807, 2.05) is 0 Å². The molecule has 0 aliphatic carbocycles. The molecule has 0 aliphatic rings. The highest BCUT2D eigenvalue weighted by molar-refractivity contribution is 7.86. The Labute approximate surface area is 257 Å². The molecule has 236 valence electrons. The number of aliphatic hydroxyl groups excluding tert-OH is 1. The summed E-state index contributed by atoms with van der Waals surface area (Å²) in [5, 5.41) is 19.7. The van der Waals surface area contributed by atoms with Crippen molar-refractivity contribution < 1.29 is 60.7 Å². The van der Waals surface area contributed by atoms with Gasteiger partial charge in [-0.25, -0.2) is 4.79 Å². The van der Waals surface area contributed by atoms with Crippen molar-refractivity contribution in [2.24, 2.45) is 5.73 Å². The van der Waals surface area contributed by atoms with E-state index in [1.54, 1.807) is 12.1 Å². The Morgan fingerprint density at radius 2 is 1.56 bits per heavy atom. The van der Waals surface area contributed by atoms with Gasteiger partial charge in [0.2, 0.25) is 0 Å². The monoisotopic (exact) mass is 641 g/mol.